The van der Waals surface area contributed by atoms with E-state index in [0.29, 0.717) is 12.8 Å². The van der Waals surface area contributed by atoms with Crippen LogP contribution in [-0.2, 0) is 9.59 Å². The Hall–Kier alpha value is -1.26. The zero-order valence-electron chi connectivity index (χ0n) is 15.3. The topological polar surface area (TPSA) is 74.6 Å². The number of aliphatic hydroxyl groups is 2. The quantitative estimate of drug-likeness (QED) is 0.767. The predicted molar refractivity (Wildman–Crippen MR) is 93.6 cm³/mol. The third-order valence-electron chi connectivity index (χ3n) is 8.23. The Morgan fingerprint density at radius 3 is 2.68 bits per heavy atom. The third-order valence-corrected chi connectivity index (χ3v) is 8.23. The number of carbonyl (C=O) groups excluding carboxylic acids is 2. The van der Waals surface area contributed by atoms with Gasteiger partial charge in [-0.1, -0.05) is 25.5 Å². The molecule has 2 N–H and O–H groups in total. The van der Waals surface area contributed by atoms with Crippen molar-refractivity contribution in [3.05, 3.63) is 23.8 Å². The minimum atomic E-state index is -1.32. The van der Waals surface area contributed by atoms with Crippen molar-refractivity contribution in [1.29, 1.82) is 0 Å². The molecule has 0 aromatic carbocycles. The lowest BCUT2D eigenvalue weighted by Gasteiger charge is -2.59. The Labute approximate surface area is 149 Å². The minimum absolute atomic E-state index is 0.0351. The van der Waals surface area contributed by atoms with Crippen LogP contribution in [0.15, 0.2) is 23.8 Å². The number of ketones is 2. The van der Waals surface area contributed by atoms with E-state index in [1.165, 1.54) is 6.92 Å². The first-order valence-corrected chi connectivity index (χ1v) is 9.49. The van der Waals surface area contributed by atoms with E-state index >= 15 is 0 Å². The monoisotopic (exact) mass is 344 g/mol. The summed E-state index contributed by atoms with van der Waals surface area (Å²) in [7, 11) is 0. The lowest BCUT2D eigenvalue weighted by Crippen LogP contribution is -2.61. The number of hydrogen-bond donors (Lipinski definition) is 2. The molecule has 4 aliphatic rings. The summed E-state index contributed by atoms with van der Waals surface area (Å²) >= 11 is 0. The molecule has 3 saturated carbocycles. The number of hydrogen-bond acceptors (Lipinski definition) is 4. The van der Waals surface area contributed by atoms with E-state index in [9.17, 15) is 19.8 Å². The van der Waals surface area contributed by atoms with E-state index in [1.54, 1.807) is 12.2 Å². The van der Waals surface area contributed by atoms with Gasteiger partial charge < -0.3 is 10.2 Å². The van der Waals surface area contributed by atoms with E-state index in [-0.39, 0.29) is 34.7 Å². The van der Waals surface area contributed by atoms with Crippen LogP contribution in [-0.4, -0.2) is 33.5 Å². The maximum Gasteiger partial charge on any atom is 0.178 e. The fourth-order valence-corrected chi connectivity index (χ4v) is 6.91. The Bertz CT molecular complexity index is 707. The van der Waals surface area contributed by atoms with Crippen molar-refractivity contribution in [3.63, 3.8) is 0 Å². The highest BCUT2D eigenvalue weighted by Gasteiger charge is 2.67. The highest BCUT2D eigenvalue weighted by Crippen LogP contribution is 2.66. The molecule has 136 valence electrons. The molecule has 0 saturated heterocycles. The Morgan fingerprint density at radius 1 is 1.28 bits per heavy atom. The van der Waals surface area contributed by atoms with Gasteiger partial charge in [0.05, 0.1) is 6.10 Å². The summed E-state index contributed by atoms with van der Waals surface area (Å²) in [5, 5.41) is 22.3. The molecule has 0 spiro atoms. The van der Waals surface area contributed by atoms with Gasteiger partial charge in [-0.15, -0.1) is 0 Å². The van der Waals surface area contributed by atoms with Gasteiger partial charge in [0, 0.05) is 16.7 Å². The number of allylic oxidation sites excluding steroid dienone is 4. The number of carbonyl (C=O) groups is 2. The third kappa shape index (κ3) is 2.01. The first-order valence-electron chi connectivity index (χ1n) is 9.49. The standard InChI is InChI=1S/C21H28O4/c1-12(22)21(25)9-7-16-15-5-4-13-10-14(23)6-8-19(13,2)18(15)17(24)11-20(16,21)3/h6,8,10,15-18,24-25H,4-5,7,9,11H2,1-3H3/t15?,16?,17-,18?,19+,20+,21+/m1/s1. The summed E-state index contributed by atoms with van der Waals surface area (Å²) in [6.45, 7) is 5.61. The van der Waals surface area contributed by atoms with Gasteiger partial charge in [-0.05, 0) is 63.0 Å². The average molecular weight is 344 g/mol. The Balaban J connectivity index is 1.76. The van der Waals surface area contributed by atoms with E-state index in [2.05, 4.69) is 6.92 Å². The van der Waals surface area contributed by atoms with Crippen LogP contribution < -0.4 is 0 Å². The molecule has 3 unspecified atom stereocenters. The minimum Gasteiger partial charge on any atom is -0.393 e. The van der Waals surface area contributed by atoms with Crippen LogP contribution in [0.3, 0.4) is 0 Å². The molecule has 0 bridgehead atoms. The average Bonchev–Trinajstić information content (AvgIpc) is 2.80. The van der Waals surface area contributed by atoms with Crippen LogP contribution >= 0.6 is 0 Å². The summed E-state index contributed by atoms with van der Waals surface area (Å²) in [5.41, 5.74) is -1.05. The maximum atomic E-state index is 12.2. The van der Waals surface area contributed by atoms with Gasteiger partial charge in [0.15, 0.2) is 11.6 Å². The van der Waals surface area contributed by atoms with Gasteiger partial charge in [0.1, 0.15) is 5.60 Å². The molecular weight excluding hydrogens is 316 g/mol. The van der Waals surface area contributed by atoms with Crippen molar-refractivity contribution < 1.29 is 19.8 Å². The molecule has 7 atom stereocenters. The molecule has 0 heterocycles. The molecule has 4 nitrogen and oxygen atoms in total. The predicted octanol–water partition coefficient (Wildman–Crippen LogP) is 2.59. The van der Waals surface area contributed by atoms with E-state index in [4.69, 9.17) is 0 Å². The van der Waals surface area contributed by atoms with Crippen molar-refractivity contribution in [1.82, 2.24) is 0 Å². The van der Waals surface area contributed by atoms with Crippen LogP contribution in [0.4, 0.5) is 0 Å². The van der Waals surface area contributed by atoms with Gasteiger partial charge in [-0.25, -0.2) is 0 Å². The van der Waals surface area contributed by atoms with Gasteiger partial charge in [-0.3, -0.25) is 9.59 Å². The molecule has 0 amide bonds. The number of fused-ring (bicyclic) bond motifs is 5. The first kappa shape index (κ1) is 17.2. The fourth-order valence-electron chi connectivity index (χ4n) is 6.91. The molecule has 3 fully saturated rings. The van der Waals surface area contributed by atoms with Gasteiger partial charge in [0.25, 0.3) is 0 Å². The van der Waals surface area contributed by atoms with Crippen molar-refractivity contribution >= 4 is 11.6 Å². The second-order valence-corrected chi connectivity index (χ2v) is 9.17. The first-order chi connectivity index (χ1) is 11.6. The van der Waals surface area contributed by atoms with E-state index < -0.39 is 17.1 Å². The number of aliphatic hydroxyl groups excluding tert-OH is 1. The molecule has 0 radical (unpaired) electrons. The zero-order chi connectivity index (χ0) is 18.2. The second-order valence-electron chi connectivity index (χ2n) is 9.17. The molecule has 4 heteroatoms. The SMILES string of the molecule is CC(=O)[C@@]1(O)CCC2C3CCC4=CC(=O)C=C[C@]4(C)C3[C@H](O)C[C@@]21C. The summed E-state index contributed by atoms with van der Waals surface area (Å²) in [6.07, 6.45) is 8.32. The highest BCUT2D eigenvalue weighted by molar-refractivity contribution is 6.01. The molecule has 4 aliphatic carbocycles. The Kier molecular flexibility index (Phi) is 3.53. The van der Waals surface area contributed by atoms with Crippen LogP contribution in [0, 0.1) is 28.6 Å². The summed E-state index contributed by atoms with van der Waals surface area (Å²) in [6, 6.07) is 0. The van der Waals surface area contributed by atoms with Crippen molar-refractivity contribution in [2.45, 2.75) is 64.6 Å². The van der Waals surface area contributed by atoms with Crippen molar-refractivity contribution in [3.8, 4) is 0 Å². The lowest BCUT2D eigenvalue weighted by molar-refractivity contribution is -0.175. The molecule has 0 aromatic heterocycles. The van der Waals surface area contributed by atoms with Crippen LogP contribution in [0.2, 0.25) is 0 Å². The highest BCUT2D eigenvalue weighted by atomic mass is 16.3. The normalized spacial score (nSPS) is 51.4. The fraction of sp³-hybridized carbons (Fsp3) is 0.714. The van der Waals surface area contributed by atoms with Crippen molar-refractivity contribution in [2.24, 2.45) is 28.6 Å². The summed E-state index contributed by atoms with van der Waals surface area (Å²) in [4.78, 5) is 24.0. The summed E-state index contributed by atoms with van der Waals surface area (Å²) < 4.78 is 0. The molecular formula is C21H28O4. The molecule has 0 aromatic rings. The Morgan fingerprint density at radius 2 is 2.00 bits per heavy atom. The molecule has 25 heavy (non-hydrogen) atoms. The van der Waals surface area contributed by atoms with Crippen LogP contribution in [0.25, 0.3) is 0 Å². The summed E-state index contributed by atoms with van der Waals surface area (Å²) in [5.74, 6) is 0.410. The van der Waals surface area contributed by atoms with E-state index in [1.807, 2.05) is 13.0 Å². The molecule has 4 rings (SSSR count). The maximum absolute atomic E-state index is 12.2. The van der Waals surface area contributed by atoms with Crippen molar-refractivity contribution in [2.75, 3.05) is 0 Å². The lowest BCUT2D eigenvalue weighted by atomic mass is 9.46. The van der Waals surface area contributed by atoms with Gasteiger partial charge in [-0.2, -0.15) is 0 Å². The smallest absolute Gasteiger partial charge is 0.178 e. The van der Waals surface area contributed by atoms with Gasteiger partial charge in [0.2, 0.25) is 0 Å². The van der Waals surface area contributed by atoms with Crippen LogP contribution in [0.5, 0.6) is 0 Å². The number of Topliss-reactive ketones (excluding diaryl/α,β-unsaturated/α-hetero) is 1. The largest absolute Gasteiger partial charge is 0.393 e. The van der Waals surface area contributed by atoms with Crippen LogP contribution in [0.1, 0.15) is 52.9 Å². The molecule has 0 aliphatic heterocycles. The van der Waals surface area contributed by atoms with E-state index in [0.717, 1.165) is 24.8 Å². The van der Waals surface area contributed by atoms with Gasteiger partial charge >= 0.3 is 0 Å². The number of rotatable bonds is 1. The zero-order valence-corrected chi connectivity index (χ0v) is 15.3. The second kappa shape index (κ2) is 5.14.